The molecule has 1 aliphatic carbocycles. The number of aromatic nitrogens is 2. The van der Waals surface area contributed by atoms with Crippen molar-refractivity contribution in [3.05, 3.63) is 84.2 Å². The molecule has 0 bridgehead atoms. The van der Waals surface area contributed by atoms with Crippen LogP contribution in [0.4, 0.5) is 0 Å². The summed E-state index contributed by atoms with van der Waals surface area (Å²) in [6, 6.07) is 23.5. The maximum atomic E-state index is 5.09. The van der Waals surface area contributed by atoms with Crippen molar-refractivity contribution in [1.82, 2.24) is 9.97 Å². The maximum absolute atomic E-state index is 5.09. The molecular formula is C24H22N3+. The van der Waals surface area contributed by atoms with Crippen molar-refractivity contribution in [2.75, 3.05) is 0 Å². The zero-order valence-corrected chi connectivity index (χ0v) is 15.2. The number of hydrogen-bond acceptors (Lipinski definition) is 2. The summed E-state index contributed by atoms with van der Waals surface area (Å²) in [5.41, 5.74) is 12.0. The van der Waals surface area contributed by atoms with Gasteiger partial charge in [0.05, 0.1) is 23.4 Å². The smallest absolute Gasteiger partial charge is 0.0997 e. The second-order valence-corrected chi connectivity index (χ2v) is 7.23. The molecule has 0 spiro atoms. The number of fused-ring (bicyclic) bond motifs is 1. The molecule has 5 rings (SSSR count). The Labute approximate surface area is 158 Å². The molecule has 2 heterocycles. The van der Waals surface area contributed by atoms with Crippen molar-refractivity contribution in [3.63, 3.8) is 0 Å². The molecule has 0 amide bonds. The van der Waals surface area contributed by atoms with Crippen LogP contribution in [-0.4, -0.2) is 9.97 Å². The SMILES string of the molecule is [NH3+]Cc1ccc(-c2nc3ccnc(C4CC4)c3cc2-c2ccccc2)cc1. The lowest BCUT2D eigenvalue weighted by Gasteiger charge is -2.13. The van der Waals surface area contributed by atoms with Crippen LogP contribution < -0.4 is 5.73 Å². The van der Waals surface area contributed by atoms with Crippen LogP contribution >= 0.6 is 0 Å². The van der Waals surface area contributed by atoms with Gasteiger partial charge in [0.15, 0.2) is 0 Å². The maximum Gasteiger partial charge on any atom is 0.0997 e. The highest BCUT2D eigenvalue weighted by atomic mass is 14.8. The Bertz CT molecular complexity index is 1100. The Morgan fingerprint density at radius 3 is 2.37 bits per heavy atom. The van der Waals surface area contributed by atoms with Crippen molar-refractivity contribution in [2.45, 2.75) is 25.3 Å². The van der Waals surface area contributed by atoms with Crippen LogP contribution in [0.5, 0.6) is 0 Å². The average Bonchev–Trinajstić information content (AvgIpc) is 3.58. The van der Waals surface area contributed by atoms with Gasteiger partial charge >= 0.3 is 0 Å². The molecule has 0 radical (unpaired) electrons. The molecule has 1 aliphatic rings. The lowest BCUT2D eigenvalue weighted by Crippen LogP contribution is -2.47. The summed E-state index contributed by atoms with van der Waals surface area (Å²) in [5.74, 6) is 0.598. The molecule has 0 saturated heterocycles. The lowest BCUT2D eigenvalue weighted by atomic mass is 9.96. The number of quaternary nitrogens is 1. The number of hydrogen-bond donors (Lipinski definition) is 1. The minimum atomic E-state index is 0.598. The van der Waals surface area contributed by atoms with Crippen molar-refractivity contribution in [3.8, 4) is 22.4 Å². The third kappa shape index (κ3) is 3.00. The van der Waals surface area contributed by atoms with Crippen LogP contribution in [0.3, 0.4) is 0 Å². The van der Waals surface area contributed by atoms with Crippen molar-refractivity contribution >= 4 is 10.9 Å². The van der Waals surface area contributed by atoms with Gasteiger partial charge in [0.2, 0.25) is 0 Å². The molecule has 2 aromatic carbocycles. The van der Waals surface area contributed by atoms with Gasteiger partial charge in [-0.25, -0.2) is 4.98 Å². The minimum Gasteiger partial charge on any atom is -0.354 e. The summed E-state index contributed by atoms with van der Waals surface area (Å²) in [6.07, 6.45) is 4.38. The van der Waals surface area contributed by atoms with Crippen LogP contribution in [0.25, 0.3) is 33.3 Å². The molecule has 1 saturated carbocycles. The van der Waals surface area contributed by atoms with E-state index in [0.717, 1.165) is 23.3 Å². The third-order valence-corrected chi connectivity index (χ3v) is 5.34. The van der Waals surface area contributed by atoms with E-state index in [9.17, 15) is 0 Å². The summed E-state index contributed by atoms with van der Waals surface area (Å²) in [4.78, 5) is 9.77. The monoisotopic (exact) mass is 352 g/mol. The number of nitrogens with zero attached hydrogens (tertiary/aromatic N) is 2. The predicted octanol–water partition coefficient (Wildman–Crippen LogP) is 4.58. The Morgan fingerprint density at radius 1 is 0.889 bits per heavy atom. The first-order valence-corrected chi connectivity index (χ1v) is 9.57. The molecule has 1 fully saturated rings. The summed E-state index contributed by atoms with van der Waals surface area (Å²) in [7, 11) is 0. The molecular weight excluding hydrogens is 330 g/mol. The molecule has 4 aromatic rings. The fraction of sp³-hybridized carbons (Fsp3) is 0.167. The van der Waals surface area contributed by atoms with E-state index in [1.54, 1.807) is 0 Å². The summed E-state index contributed by atoms with van der Waals surface area (Å²) < 4.78 is 0. The molecule has 3 heteroatoms. The van der Waals surface area contributed by atoms with Crippen LogP contribution in [0.2, 0.25) is 0 Å². The molecule has 3 N–H and O–H groups in total. The van der Waals surface area contributed by atoms with E-state index in [4.69, 9.17) is 4.98 Å². The molecule has 2 aromatic heterocycles. The first-order chi connectivity index (χ1) is 13.3. The van der Waals surface area contributed by atoms with Crippen molar-refractivity contribution in [1.29, 1.82) is 0 Å². The minimum absolute atomic E-state index is 0.598. The molecule has 132 valence electrons. The average molecular weight is 352 g/mol. The van der Waals surface area contributed by atoms with Gasteiger partial charge in [-0.3, -0.25) is 4.98 Å². The quantitative estimate of drug-likeness (QED) is 0.584. The highest BCUT2D eigenvalue weighted by Gasteiger charge is 2.27. The molecule has 3 nitrogen and oxygen atoms in total. The van der Waals surface area contributed by atoms with Gasteiger partial charge in [0.1, 0.15) is 0 Å². The molecule has 0 aliphatic heterocycles. The van der Waals surface area contributed by atoms with Crippen LogP contribution in [0.1, 0.15) is 30.0 Å². The molecule has 0 atom stereocenters. The first-order valence-electron chi connectivity index (χ1n) is 9.57. The third-order valence-electron chi connectivity index (χ3n) is 5.34. The highest BCUT2D eigenvalue weighted by Crippen LogP contribution is 2.43. The normalized spacial score (nSPS) is 13.8. The van der Waals surface area contributed by atoms with E-state index < -0.39 is 0 Å². The van der Waals surface area contributed by atoms with Gasteiger partial charge in [-0.05, 0) is 30.5 Å². The van der Waals surface area contributed by atoms with Gasteiger partial charge in [0, 0.05) is 34.2 Å². The predicted molar refractivity (Wildman–Crippen MR) is 109 cm³/mol. The molecule has 0 unspecified atom stereocenters. The Kier molecular flexibility index (Phi) is 3.95. The van der Waals surface area contributed by atoms with Gasteiger partial charge in [0.25, 0.3) is 0 Å². The molecule has 27 heavy (non-hydrogen) atoms. The zero-order valence-electron chi connectivity index (χ0n) is 15.2. The van der Waals surface area contributed by atoms with Gasteiger partial charge in [-0.15, -0.1) is 0 Å². The van der Waals surface area contributed by atoms with E-state index in [1.807, 2.05) is 12.3 Å². The van der Waals surface area contributed by atoms with E-state index in [1.165, 1.54) is 40.6 Å². The number of benzene rings is 2. The van der Waals surface area contributed by atoms with Crippen LogP contribution in [0, 0.1) is 0 Å². The number of pyridine rings is 2. The summed E-state index contributed by atoms with van der Waals surface area (Å²) in [5, 5.41) is 1.19. The van der Waals surface area contributed by atoms with E-state index in [0.29, 0.717) is 5.92 Å². The second kappa shape index (κ2) is 6.60. The van der Waals surface area contributed by atoms with E-state index >= 15 is 0 Å². The fourth-order valence-electron chi connectivity index (χ4n) is 3.69. The standard InChI is InChI=1S/C24H21N3/c25-15-16-6-8-19(9-7-16)24-20(17-4-2-1-3-5-17)14-21-22(27-24)12-13-26-23(21)18-10-11-18/h1-9,12-14,18H,10-11,15,25H2/p+1. The topological polar surface area (TPSA) is 53.4 Å². The zero-order chi connectivity index (χ0) is 18.2. The highest BCUT2D eigenvalue weighted by molar-refractivity contribution is 5.93. The first kappa shape index (κ1) is 16.2. The fourth-order valence-corrected chi connectivity index (χ4v) is 3.69. The van der Waals surface area contributed by atoms with Gasteiger partial charge in [-0.1, -0.05) is 54.6 Å². The van der Waals surface area contributed by atoms with Gasteiger partial charge < -0.3 is 5.73 Å². The van der Waals surface area contributed by atoms with E-state index in [2.05, 4.69) is 71.4 Å². The number of rotatable bonds is 4. The Balaban J connectivity index is 1.77. The van der Waals surface area contributed by atoms with Crippen molar-refractivity contribution in [2.24, 2.45) is 0 Å². The van der Waals surface area contributed by atoms with E-state index in [-0.39, 0.29) is 0 Å². The Hall–Kier alpha value is -3.04. The largest absolute Gasteiger partial charge is 0.354 e. The lowest BCUT2D eigenvalue weighted by molar-refractivity contribution is -0.386. The van der Waals surface area contributed by atoms with Crippen molar-refractivity contribution < 1.29 is 5.73 Å². The second-order valence-electron chi connectivity index (χ2n) is 7.23. The van der Waals surface area contributed by atoms with Crippen LogP contribution in [0.15, 0.2) is 72.9 Å². The Morgan fingerprint density at radius 2 is 1.67 bits per heavy atom. The van der Waals surface area contributed by atoms with Crippen LogP contribution in [-0.2, 0) is 6.54 Å². The van der Waals surface area contributed by atoms with Gasteiger partial charge in [-0.2, -0.15) is 0 Å². The summed E-state index contributed by atoms with van der Waals surface area (Å²) in [6.45, 7) is 0.799. The summed E-state index contributed by atoms with van der Waals surface area (Å²) >= 11 is 0.